The summed E-state index contributed by atoms with van der Waals surface area (Å²) in [5, 5.41) is 3.00. The van der Waals surface area contributed by atoms with Crippen LogP contribution in [0.5, 0.6) is 0 Å². The summed E-state index contributed by atoms with van der Waals surface area (Å²) in [5.41, 5.74) is 12.8. The first-order chi connectivity index (χ1) is 21.4. The highest BCUT2D eigenvalue weighted by Gasteiger charge is 2.22. The van der Waals surface area contributed by atoms with Crippen LogP contribution < -0.4 is 37.7 Å². The Morgan fingerprint density at radius 3 is 1.73 bits per heavy atom. The van der Waals surface area contributed by atoms with Crippen LogP contribution in [0, 0.1) is 0 Å². The monoisotopic (exact) mass is 741 g/mol. The number of hydrogen-bond donors (Lipinski definition) is 3. The van der Waals surface area contributed by atoms with E-state index in [4.69, 9.17) is 11.5 Å². The van der Waals surface area contributed by atoms with Crippen molar-refractivity contribution in [3.05, 3.63) is 90.8 Å². The molecule has 4 aromatic heterocycles. The SMILES string of the molecule is Cn1cc(Br)cc(N)c1=O.Cn1cc(Br)cc(Nc2ccc(N3CCCC3=O)cn2)c1=O.Nc1ccc(N2CCCC2=O)cn1. The lowest BCUT2D eigenvalue weighted by Gasteiger charge is -2.15. The van der Waals surface area contributed by atoms with E-state index in [0.29, 0.717) is 30.2 Å². The molecular formula is C30H33Br2N9O4. The minimum Gasteiger partial charge on any atom is -0.394 e. The summed E-state index contributed by atoms with van der Waals surface area (Å²) in [6.07, 6.45) is 9.70. The molecule has 0 saturated carbocycles. The maximum absolute atomic E-state index is 12.0. The van der Waals surface area contributed by atoms with Crippen molar-refractivity contribution in [3.63, 3.8) is 0 Å². The van der Waals surface area contributed by atoms with E-state index in [2.05, 4.69) is 47.1 Å². The van der Waals surface area contributed by atoms with Gasteiger partial charge in [0.1, 0.15) is 17.3 Å². The van der Waals surface area contributed by atoms with Crippen LogP contribution in [-0.2, 0) is 23.7 Å². The number of carbonyl (C=O) groups excluding carboxylic acids is 2. The molecule has 4 aromatic rings. The first-order valence-corrected chi connectivity index (χ1v) is 15.5. The van der Waals surface area contributed by atoms with Gasteiger partial charge in [-0.3, -0.25) is 19.2 Å². The van der Waals surface area contributed by atoms with Gasteiger partial charge < -0.3 is 35.7 Å². The molecule has 2 amide bonds. The molecule has 13 nitrogen and oxygen atoms in total. The van der Waals surface area contributed by atoms with Crippen molar-refractivity contribution in [1.82, 2.24) is 19.1 Å². The number of aryl methyl sites for hydroxylation is 2. The number of carbonyl (C=O) groups is 2. The van der Waals surface area contributed by atoms with Crippen LogP contribution in [0.25, 0.3) is 0 Å². The van der Waals surface area contributed by atoms with E-state index in [1.807, 2.05) is 12.1 Å². The van der Waals surface area contributed by atoms with Gasteiger partial charge in [-0.25, -0.2) is 9.97 Å². The average Bonchev–Trinajstić information content (AvgIpc) is 3.63. The van der Waals surface area contributed by atoms with Gasteiger partial charge in [0.15, 0.2) is 0 Å². The highest BCUT2D eigenvalue weighted by Crippen LogP contribution is 2.23. The van der Waals surface area contributed by atoms with Crippen molar-refractivity contribution in [2.45, 2.75) is 25.7 Å². The maximum atomic E-state index is 12.0. The quantitative estimate of drug-likeness (QED) is 0.280. The molecule has 2 fully saturated rings. The molecule has 0 radical (unpaired) electrons. The third-order valence-electron chi connectivity index (χ3n) is 6.88. The molecule has 0 aromatic carbocycles. The van der Waals surface area contributed by atoms with Crippen molar-refractivity contribution >= 4 is 78.1 Å². The lowest BCUT2D eigenvalue weighted by atomic mass is 10.3. The summed E-state index contributed by atoms with van der Waals surface area (Å²) in [6.45, 7) is 1.53. The van der Waals surface area contributed by atoms with E-state index in [1.165, 1.54) is 9.13 Å². The summed E-state index contributed by atoms with van der Waals surface area (Å²) >= 11 is 6.57. The van der Waals surface area contributed by atoms with Gasteiger partial charge in [-0.1, -0.05) is 0 Å². The Kier molecular flexibility index (Phi) is 11.1. The van der Waals surface area contributed by atoms with Gasteiger partial charge in [-0.15, -0.1) is 0 Å². The molecule has 6 rings (SSSR count). The number of aromatic nitrogens is 4. The van der Waals surface area contributed by atoms with Crippen molar-refractivity contribution in [2.24, 2.45) is 14.1 Å². The zero-order valence-corrected chi connectivity index (χ0v) is 27.9. The van der Waals surface area contributed by atoms with Crippen molar-refractivity contribution in [1.29, 1.82) is 0 Å². The Hall–Kier alpha value is -4.50. The number of nitrogens with zero attached hydrogens (tertiary/aromatic N) is 6. The van der Waals surface area contributed by atoms with Gasteiger partial charge in [0.05, 0.1) is 29.5 Å². The highest BCUT2D eigenvalue weighted by molar-refractivity contribution is 9.10. The van der Waals surface area contributed by atoms with Crippen LogP contribution in [0.2, 0.25) is 0 Å². The zero-order chi connectivity index (χ0) is 32.7. The van der Waals surface area contributed by atoms with Gasteiger partial charge in [0.2, 0.25) is 11.8 Å². The van der Waals surface area contributed by atoms with Crippen LogP contribution in [0.4, 0.5) is 34.4 Å². The molecule has 2 aliphatic heterocycles. The first-order valence-electron chi connectivity index (χ1n) is 14.0. The van der Waals surface area contributed by atoms with E-state index >= 15 is 0 Å². The molecule has 2 saturated heterocycles. The predicted molar refractivity (Wildman–Crippen MR) is 183 cm³/mol. The predicted octanol–water partition coefficient (Wildman–Crippen LogP) is 3.93. The van der Waals surface area contributed by atoms with E-state index < -0.39 is 0 Å². The summed E-state index contributed by atoms with van der Waals surface area (Å²) < 4.78 is 4.53. The van der Waals surface area contributed by atoms with Crippen LogP contribution in [0.15, 0.2) is 79.7 Å². The van der Waals surface area contributed by atoms with Crippen molar-refractivity contribution in [2.75, 3.05) is 39.7 Å². The molecule has 0 atom stereocenters. The molecule has 236 valence electrons. The lowest BCUT2D eigenvalue weighted by Crippen LogP contribution is -2.23. The fourth-order valence-corrected chi connectivity index (χ4v) is 5.70. The van der Waals surface area contributed by atoms with Gasteiger partial charge in [-0.05, 0) is 81.1 Å². The van der Waals surface area contributed by atoms with Gasteiger partial charge in [-0.2, -0.15) is 0 Å². The summed E-state index contributed by atoms with van der Waals surface area (Å²) in [7, 11) is 3.34. The summed E-state index contributed by atoms with van der Waals surface area (Å²) in [4.78, 5) is 57.7. The number of halogens is 2. The Labute approximate surface area is 276 Å². The molecule has 15 heteroatoms. The van der Waals surface area contributed by atoms with E-state index in [1.54, 1.807) is 72.9 Å². The second kappa shape index (κ2) is 15.0. The van der Waals surface area contributed by atoms with Gasteiger partial charge in [0.25, 0.3) is 11.1 Å². The fourth-order valence-electron chi connectivity index (χ4n) is 4.61. The summed E-state index contributed by atoms with van der Waals surface area (Å²) in [5.74, 6) is 1.34. The third-order valence-corrected chi connectivity index (χ3v) is 7.75. The van der Waals surface area contributed by atoms with Crippen LogP contribution >= 0.6 is 31.9 Å². The number of nitrogens with two attached hydrogens (primary N) is 2. The van der Waals surface area contributed by atoms with Crippen LogP contribution in [0.3, 0.4) is 0 Å². The van der Waals surface area contributed by atoms with Crippen molar-refractivity contribution in [3.8, 4) is 0 Å². The third kappa shape index (κ3) is 8.79. The number of anilines is 6. The average molecular weight is 743 g/mol. The molecular weight excluding hydrogens is 710 g/mol. The molecule has 2 aliphatic rings. The number of nitrogen functional groups attached to an aromatic ring is 2. The molecule has 0 spiro atoms. The van der Waals surface area contributed by atoms with E-state index in [0.717, 1.165) is 46.3 Å². The normalized spacial score (nSPS) is 14.0. The second-order valence-electron chi connectivity index (χ2n) is 10.3. The molecule has 45 heavy (non-hydrogen) atoms. The molecule has 0 aliphatic carbocycles. The smallest absolute Gasteiger partial charge is 0.274 e. The number of hydrogen-bond acceptors (Lipinski definition) is 9. The minimum atomic E-state index is -0.164. The largest absolute Gasteiger partial charge is 0.394 e. The minimum absolute atomic E-state index is 0.128. The number of pyridine rings is 4. The molecule has 0 unspecified atom stereocenters. The Bertz CT molecular complexity index is 1770. The van der Waals surface area contributed by atoms with Gasteiger partial charge >= 0.3 is 0 Å². The van der Waals surface area contributed by atoms with E-state index in [9.17, 15) is 19.2 Å². The Balaban J connectivity index is 0.000000170. The number of nitrogens with one attached hydrogen (secondary N) is 1. The zero-order valence-electron chi connectivity index (χ0n) is 24.7. The Morgan fingerprint density at radius 2 is 1.27 bits per heavy atom. The van der Waals surface area contributed by atoms with Crippen molar-refractivity contribution < 1.29 is 9.59 Å². The topological polar surface area (TPSA) is 174 Å². The lowest BCUT2D eigenvalue weighted by molar-refractivity contribution is -0.117. The first kappa shape index (κ1) is 33.4. The van der Waals surface area contributed by atoms with E-state index in [-0.39, 0.29) is 28.6 Å². The Morgan fingerprint density at radius 1 is 0.733 bits per heavy atom. The number of rotatable bonds is 4. The summed E-state index contributed by atoms with van der Waals surface area (Å²) in [6, 6.07) is 10.4. The molecule has 0 bridgehead atoms. The molecule has 5 N–H and O–H groups in total. The second-order valence-corrected chi connectivity index (χ2v) is 12.1. The maximum Gasteiger partial charge on any atom is 0.274 e. The fraction of sp³-hybridized carbons (Fsp3) is 0.267. The van der Waals surface area contributed by atoms with Gasteiger partial charge in [0, 0.05) is 61.4 Å². The number of amides is 2. The molecule has 6 heterocycles. The highest BCUT2D eigenvalue weighted by atomic mass is 79.9. The van der Waals surface area contributed by atoms with Crippen LogP contribution in [-0.4, -0.2) is 44.0 Å². The standard InChI is InChI=1S/C15H15BrN4O2.C9H11N3O.C6H7BrN2O/c1-19-9-10(16)7-12(15(19)22)18-13-5-4-11(8-17-13)20-6-2-3-14(20)21;10-8-4-3-7(6-11-8)12-5-1-2-9(12)13;1-9-3-4(7)2-5(8)6(9)10/h4-5,7-9H,2-3,6H2,1H3,(H,17,18);3-4,6H,1-2,5H2,(H2,10,11);2-3H,8H2,1H3. The van der Waals surface area contributed by atoms with Crippen LogP contribution in [0.1, 0.15) is 25.7 Å².